The van der Waals surface area contributed by atoms with Gasteiger partial charge in [-0.05, 0) is 42.8 Å². The first-order valence-corrected chi connectivity index (χ1v) is 6.66. The molecule has 0 fully saturated rings. The van der Waals surface area contributed by atoms with E-state index in [0.717, 1.165) is 9.35 Å². The zero-order chi connectivity index (χ0) is 11.5. The van der Waals surface area contributed by atoms with Crippen molar-refractivity contribution >= 4 is 27.3 Å². The summed E-state index contributed by atoms with van der Waals surface area (Å²) >= 11 is 4.96. The summed E-state index contributed by atoms with van der Waals surface area (Å²) in [6, 6.07) is 1.98. The third-order valence-corrected chi connectivity index (χ3v) is 3.62. The molecule has 1 N–H and O–H groups in total. The third-order valence-electron chi connectivity index (χ3n) is 1.90. The highest BCUT2D eigenvalue weighted by Gasteiger charge is 2.14. The Morgan fingerprint density at radius 2 is 2.20 bits per heavy atom. The van der Waals surface area contributed by atoms with Crippen LogP contribution in [0.25, 0.3) is 0 Å². The molecule has 15 heavy (non-hydrogen) atoms. The van der Waals surface area contributed by atoms with Gasteiger partial charge in [0.05, 0.1) is 0 Å². The molecule has 0 spiro atoms. The van der Waals surface area contributed by atoms with Crippen molar-refractivity contribution in [1.82, 2.24) is 5.32 Å². The van der Waals surface area contributed by atoms with Crippen LogP contribution in [0.3, 0.4) is 0 Å². The van der Waals surface area contributed by atoms with Crippen molar-refractivity contribution in [3.05, 3.63) is 20.8 Å². The lowest BCUT2D eigenvalue weighted by molar-refractivity contribution is 0.285. The van der Waals surface area contributed by atoms with Gasteiger partial charge >= 0.3 is 0 Å². The Kier molecular flexibility index (Phi) is 4.74. The van der Waals surface area contributed by atoms with Crippen LogP contribution in [0.2, 0.25) is 0 Å². The molecule has 0 saturated heterocycles. The Balaban J connectivity index is 2.33. The second-order valence-electron chi connectivity index (χ2n) is 4.66. The molecule has 1 aromatic heterocycles. The monoisotopic (exact) mass is 293 g/mol. The molecule has 0 saturated carbocycles. The predicted molar refractivity (Wildman–Crippen MR) is 68.4 cm³/mol. The fraction of sp³-hybridized carbons (Fsp3) is 0.636. The molecule has 0 aliphatic rings. The Bertz CT molecular complexity index is 306. The number of thiophene rings is 1. The van der Waals surface area contributed by atoms with Crippen LogP contribution in [0.15, 0.2) is 15.9 Å². The van der Waals surface area contributed by atoms with Gasteiger partial charge in [-0.1, -0.05) is 0 Å². The Morgan fingerprint density at radius 1 is 1.53 bits per heavy atom. The van der Waals surface area contributed by atoms with Gasteiger partial charge in [0.25, 0.3) is 0 Å². The van der Waals surface area contributed by atoms with Crippen molar-refractivity contribution in [3.63, 3.8) is 0 Å². The number of alkyl halides is 1. The molecule has 1 atom stereocenters. The van der Waals surface area contributed by atoms with Crippen molar-refractivity contribution in [2.24, 2.45) is 0 Å². The van der Waals surface area contributed by atoms with Gasteiger partial charge in [-0.15, -0.1) is 11.3 Å². The van der Waals surface area contributed by atoms with E-state index in [1.165, 1.54) is 0 Å². The maximum absolute atomic E-state index is 13.6. The smallest absolute Gasteiger partial charge is 0.117 e. The van der Waals surface area contributed by atoms with Crippen molar-refractivity contribution < 1.29 is 4.39 Å². The number of hydrogen-bond acceptors (Lipinski definition) is 2. The minimum absolute atomic E-state index is 0.0135. The van der Waals surface area contributed by atoms with Crippen molar-refractivity contribution in [1.29, 1.82) is 0 Å². The zero-order valence-corrected chi connectivity index (χ0v) is 11.7. The normalized spacial score (nSPS) is 14.2. The van der Waals surface area contributed by atoms with E-state index in [-0.39, 0.29) is 5.54 Å². The summed E-state index contributed by atoms with van der Waals surface area (Å²) in [5.41, 5.74) is -0.0135. The Labute approximate surface area is 103 Å². The standard InChI is InChI=1S/C11H17BrFNS/c1-11(2,3)14-6-9(13)5-10-4-8(12)7-15-10/h4,7,9,14H,5-6H2,1-3H3. The predicted octanol–water partition coefficient (Wildman–Crippen LogP) is 3.78. The lowest BCUT2D eigenvalue weighted by Crippen LogP contribution is -2.40. The maximum Gasteiger partial charge on any atom is 0.117 e. The van der Waals surface area contributed by atoms with Crippen LogP contribution in [-0.4, -0.2) is 18.3 Å². The largest absolute Gasteiger partial charge is 0.309 e. The highest BCUT2D eigenvalue weighted by molar-refractivity contribution is 9.10. The van der Waals surface area contributed by atoms with E-state index in [0.29, 0.717) is 13.0 Å². The summed E-state index contributed by atoms with van der Waals surface area (Å²) in [6.45, 7) is 6.55. The molecule has 0 aromatic carbocycles. The molecule has 4 heteroatoms. The van der Waals surface area contributed by atoms with Gasteiger partial charge in [0.1, 0.15) is 6.17 Å². The lowest BCUT2D eigenvalue weighted by atomic mass is 10.1. The van der Waals surface area contributed by atoms with Crippen LogP contribution in [0.1, 0.15) is 25.6 Å². The fourth-order valence-electron chi connectivity index (χ4n) is 1.17. The molecule has 0 aliphatic carbocycles. The van der Waals surface area contributed by atoms with Gasteiger partial charge in [-0.2, -0.15) is 0 Å². The van der Waals surface area contributed by atoms with Crippen molar-refractivity contribution in [2.45, 2.75) is 38.9 Å². The average molecular weight is 294 g/mol. The zero-order valence-electron chi connectivity index (χ0n) is 9.31. The first-order valence-electron chi connectivity index (χ1n) is 4.99. The molecule has 0 radical (unpaired) electrons. The van der Waals surface area contributed by atoms with Crippen molar-refractivity contribution in [3.8, 4) is 0 Å². The minimum Gasteiger partial charge on any atom is -0.309 e. The third kappa shape index (κ3) is 5.64. The molecule has 1 nitrogen and oxygen atoms in total. The van der Waals surface area contributed by atoms with Gasteiger partial charge in [0.2, 0.25) is 0 Å². The van der Waals surface area contributed by atoms with E-state index in [9.17, 15) is 4.39 Å². The van der Waals surface area contributed by atoms with E-state index >= 15 is 0 Å². The molecule has 1 rings (SSSR count). The van der Waals surface area contributed by atoms with Gasteiger partial charge in [0.15, 0.2) is 0 Å². The summed E-state index contributed by atoms with van der Waals surface area (Å²) in [4.78, 5) is 1.09. The van der Waals surface area contributed by atoms with Crippen LogP contribution < -0.4 is 5.32 Å². The number of nitrogens with one attached hydrogen (secondary N) is 1. The molecule has 0 aliphatic heterocycles. The second-order valence-corrected chi connectivity index (χ2v) is 6.58. The van der Waals surface area contributed by atoms with Crippen LogP contribution in [0.5, 0.6) is 0 Å². The quantitative estimate of drug-likeness (QED) is 0.891. The first-order chi connectivity index (χ1) is 6.87. The molecular weight excluding hydrogens is 277 g/mol. The Morgan fingerprint density at radius 3 is 2.67 bits per heavy atom. The highest BCUT2D eigenvalue weighted by Crippen LogP contribution is 2.21. The molecule has 1 unspecified atom stereocenters. The van der Waals surface area contributed by atoms with E-state index in [2.05, 4.69) is 21.2 Å². The van der Waals surface area contributed by atoms with Crippen LogP contribution in [-0.2, 0) is 6.42 Å². The summed E-state index contributed by atoms with van der Waals surface area (Å²) in [5, 5.41) is 5.15. The summed E-state index contributed by atoms with van der Waals surface area (Å²) < 4.78 is 14.6. The summed E-state index contributed by atoms with van der Waals surface area (Å²) in [6.07, 6.45) is -0.311. The molecule has 1 aromatic rings. The van der Waals surface area contributed by atoms with E-state index in [1.807, 2.05) is 32.2 Å². The molecule has 0 amide bonds. The van der Waals surface area contributed by atoms with Gasteiger partial charge in [-0.3, -0.25) is 0 Å². The van der Waals surface area contributed by atoms with Crippen LogP contribution in [0.4, 0.5) is 4.39 Å². The van der Waals surface area contributed by atoms with Gasteiger partial charge in [0, 0.05) is 33.2 Å². The fourth-order valence-corrected chi connectivity index (χ4v) is 2.68. The van der Waals surface area contributed by atoms with E-state index < -0.39 is 6.17 Å². The first kappa shape index (κ1) is 13.1. The van der Waals surface area contributed by atoms with Gasteiger partial charge in [-0.25, -0.2) is 4.39 Å². The minimum atomic E-state index is -0.810. The maximum atomic E-state index is 13.6. The van der Waals surface area contributed by atoms with Crippen LogP contribution in [0, 0.1) is 0 Å². The number of rotatable bonds is 4. The average Bonchev–Trinajstić information content (AvgIpc) is 2.47. The highest BCUT2D eigenvalue weighted by atomic mass is 79.9. The van der Waals surface area contributed by atoms with E-state index in [4.69, 9.17) is 0 Å². The van der Waals surface area contributed by atoms with Gasteiger partial charge < -0.3 is 5.32 Å². The van der Waals surface area contributed by atoms with Crippen molar-refractivity contribution in [2.75, 3.05) is 6.54 Å². The van der Waals surface area contributed by atoms with Crippen LogP contribution >= 0.6 is 27.3 Å². The second kappa shape index (κ2) is 5.41. The summed E-state index contributed by atoms with van der Waals surface area (Å²) in [7, 11) is 0. The summed E-state index contributed by atoms with van der Waals surface area (Å²) in [5.74, 6) is 0. The van der Waals surface area contributed by atoms with E-state index in [1.54, 1.807) is 11.3 Å². The SMILES string of the molecule is CC(C)(C)NCC(F)Cc1cc(Br)cs1. The number of halogens is 2. The molecule has 0 bridgehead atoms. The molecular formula is C11H17BrFNS. The molecule has 1 heterocycles. The number of hydrogen-bond donors (Lipinski definition) is 1. The topological polar surface area (TPSA) is 12.0 Å². The lowest BCUT2D eigenvalue weighted by Gasteiger charge is -2.21. The Hall–Kier alpha value is 0.0700. The molecule has 86 valence electrons.